The van der Waals surface area contributed by atoms with E-state index in [1.807, 2.05) is 45.0 Å². The minimum absolute atomic E-state index is 0.0918. The Labute approximate surface area is 249 Å². The van der Waals surface area contributed by atoms with Crippen molar-refractivity contribution in [2.45, 2.75) is 76.4 Å². The molecule has 1 fully saturated rings. The Bertz CT molecular complexity index is 1450. The molecular formula is C33H41N3O5S. The fraction of sp³-hybridized carbons (Fsp3) is 0.394. The number of nitrogens with one attached hydrogen (secondary N) is 1. The van der Waals surface area contributed by atoms with E-state index >= 15 is 0 Å². The smallest absolute Gasteiger partial charge is 0.264 e. The SMILES string of the molecule is CCC(C(=O)NC1CCCC1)N(Cc1ccc(OC)cc1)C(=O)CN(c1ccc(C)cc1)S(=O)(=O)c1ccc(C)cc1. The number of nitrogens with zero attached hydrogens (tertiary/aromatic N) is 2. The van der Waals surface area contributed by atoms with Gasteiger partial charge in [-0.15, -0.1) is 0 Å². The quantitative estimate of drug-likeness (QED) is 0.305. The summed E-state index contributed by atoms with van der Waals surface area (Å²) in [6.07, 6.45) is 4.36. The van der Waals surface area contributed by atoms with Gasteiger partial charge in [-0.3, -0.25) is 13.9 Å². The summed E-state index contributed by atoms with van der Waals surface area (Å²) in [5, 5.41) is 3.14. The first-order chi connectivity index (χ1) is 20.1. The Balaban J connectivity index is 1.70. The highest BCUT2D eigenvalue weighted by Crippen LogP contribution is 2.26. The van der Waals surface area contributed by atoms with Gasteiger partial charge in [-0.05, 0) is 75.1 Å². The molecule has 1 N–H and O–H groups in total. The zero-order valence-electron chi connectivity index (χ0n) is 24.9. The van der Waals surface area contributed by atoms with E-state index in [-0.39, 0.29) is 23.4 Å². The second-order valence-corrected chi connectivity index (χ2v) is 12.8. The number of sulfonamides is 1. The van der Waals surface area contributed by atoms with Crippen LogP contribution in [0.3, 0.4) is 0 Å². The number of ether oxygens (including phenoxy) is 1. The summed E-state index contributed by atoms with van der Waals surface area (Å²) in [6.45, 7) is 5.36. The van der Waals surface area contributed by atoms with Gasteiger partial charge in [-0.2, -0.15) is 0 Å². The van der Waals surface area contributed by atoms with Crippen LogP contribution in [-0.2, 0) is 26.2 Å². The molecular weight excluding hydrogens is 550 g/mol. The van der Waals surface area contributed by atoms with Gasteiger partial charge in [-0.25, -0.2) is 8.42 Å². The number of aryl methyl sites for hydroxylation is 2. The molecule has 0 spiro atoms. The van der Waals surface area contributed by atoms with Crippen LogP contribution in [0.15, 0.2) is 77.7 Å². The molecule has 0 radical (unpaired) electrons. The van der Waals surface area contributed by atoms with Crippen molar-refractivity contribution in [3.05, 3.63) is 89.5 Å². The average Bonchev–Trinajstić information content (AvgIpc) is 3.49. The van der Waals surface area contributed by atoms with Gasteiger partial charge in [0.25, 0.3) is 10.0 Å². The van der Waals surface area contributed by atoms with Gasteiger partial charge in [0.15, 0.2) is 0 Å². The molecule has 0 heterocycles. The third kappa shape index (κ3) is 7.50. The van der Waals surface area contributed by atoms with E-state index in [0.29, 0.717) is 17.9 Å². The average molecular weight is 592 g/mol. The molecule has 9 heteroatoms. The number of hydrogen-bond donors (Lipinski definition) is 1. The first-order valence-corrected chi connectivity index (χ1v) is 15.9. The zero-order valence-corrected chi connectivity index (χ0v) is 25.7. The van der Waals surface area contributed by atoms with Crippen LogP contribution in [0, 0.1) is 13.8 Å². The summed E-state index contributed by atoms with van der Waals surface area (Å²) >= 11 is 0. The van der Waals surface area contributed by atoms with Crippen LogP contribution in [0.5, 0.6) is 5.75 Å². The summed E-state index contributed by atoms with van der Waals surface area (Å²) < 4.78 is 34.4. The number of hydrogen-bond acceptors (Lipinski definition) is 5. The number of rotatable bonds is 12. The number of amides is 2. The fourth-order valence-corrected chi connectivity index (χ4v) is 6.71. The lowest BCUT2D eigenvalue weighted by atomic mass is 10.1. The second kappa shape index (κ2) is 13.9. The molecule has 3 aromatic rings. The largest absolute Gasteiger partial charge is 0.497 e. The molecule has 42 heavy (non-hydrogen) atoms. The van der Waals surface area contributed by atoms with Crippen LogP contribution >= 0.6 is 0 Å². The van der Waals surface area contributed by atoms with E-state index < -0.39 is 28.5 Å². The molecule has 2 amide bonds. The molecule has 8 nitrogen and oxygen atoms in total. The van der Waals surface area contributed by atoms with E-state index in [2.05, 4.69) is 5.32 Å². The van der Waals surface area contributed by atoms with Gasteiger partial charge in [0.1, 0.15) is 18.3 Å². The van der Waals surface area contributed by atoms with Gasteiger partial charge in [0.05, 0.1) is 17.7 Å². The minimum atomic E-state index is -4.10. The third-order valence-corrected chi connectivity index (χ3v) is 9.60. The molecule has 224 valence electrons. The normalized spacial score (nSPS) is 14.3. The lowest BCUT2D eigenvalue weighted by Gasteiger charge is -2.33. The third-order valence-electron chi connectivity index (χ3n) is 7.81. The molecule has 0 aliphatic heterocycles. The summed E-state index contributed by atoms with van der Waals surface area (Å²) in [6, 6.07) is 20.2. The van der Waals surface area contributed by atoms with Crippen LogP contribution in [0.2, 0.25) is 0 Å². The van der Waals surface area contributed by atoms with E-state index in [1.165, 1.54) is 4.90 Å². The second-order valence-electron chi connectivity index (χ2n) is 10.9. The van der Waals surface area contributed by atoms with E-state index in [9.17, 15) is 18.0 Å². The van der Waals surface area contributed by atoms with E-state index in [1.54, 1.807) is 55.6 Å². The predicted molar refractivity (Wildman–Crippen MR) is 165 cm³/mol. The lowest BCUT2D eigenvalue weighted by molar-refractivity contribution is -0.140. The summed E-state index contributed by atoms with van der Waals surface area (Å²) in [4.78, 5) is 29.4. The number of benzene rings is 3. The van der Waals surface area contributed by atoms with Crippen LogP contribution in [0.25, 0.3) is 0 Å². The maximum atomic E-state index is 14.2. The van der Waals surface area contributed by atoms with Gasteiger partial charge in [0, 0.05) is 12.6 Å². The van der Waals surface area contributed by atoms with Crippen molar-refractivity contribution in [3.63, 3.8) is 0 Å². The Morgan fingerprint density at radius 1 is 0.905 bits per heavy atom. The molecule has 1 atom stereocenters. The Hall–Kier alpha value is -3.85. The standard InChI is InChI=1S/C33H41N3O5S/c1-5-31(33(38)34-27-8-6-7-9-27)35(22-26-14-18-29(41-4)19-15-26)32(37)23-36(28-16-10-24(2)11-17-28)42(39,40)30-20-12-25(3)13-21-30/h10-21,27,31H,5-9,22-23H2,1-4H3,(H,34,38). The Morgan fingerprint density at radius 2 is 1.48 bits per heavy atom. The highest BCUT2D eigenvalue weighted by molar-refractivity contribution is 7.92. The van der Waals surface area contributed by atoms with Crippen LogP contribution < -0.4 is 14.4 Å². The number of carbonyl (C=O) groups excluding carboxylic acids is 2. The topological polar surface area (TPSA) is 96.0 Å². The minimum Gasteiger partial charge on any atom is -0.497 e. The summed E-state index contributed by atoms with van der Waals surface area (Å²) in [5.74, 6) is 0.00224. The van der Waals surface area contributed by atoms with Crippen molar-refractivity contribution < 1.29 is 22.7 Å². The maximum Gasteiger partial charge on any atom is 0.264 e. The summed E-state index contributed by atoms with van der Waals surface area (Å²) in [7, 11) is -2.51. The van der Waals surface area contributed by atoms with E-state index in [4.69, 9.17) is 4.74 Å². The maximum absolute atomic E-state index is 14.2. The molecule has 4 rings (SSSR count). The molecule has 1 aliphatic carbocycles. The number of anilines is 1. The van der Waals surface area contributed by atoms with E-state index in [0.717, 1.165) is 46.7 Å². The van der Waals surface area contributed by atoms with Crippen molar-refractivity contribution in [1.29, 1.82) is 0 Å². The fourth-order valence-electron chi connectivity index (χ4n) is 5.29. The molecule has 0 bridgehead atoms. The van der Waals surface area contributed by atoms with Crippen LogP contribution in [-0.4, -0.2) is 50.9 Å². The van der Waals surface area contributed by atoms with Gasteiger partial charge < -0.3 is 15.0 Å². The predicted octanol–water partition coefficient (Wildman–Crippen LogP) is 5.37. The monoisotopic (exact) mass is 591 g/mol. The van der Waals surface area contributed by atoms with Crippen molar-refractivity contribution in [3.8, 4) is 5.75 Å². The van der Waals surface area contributed by atoms with Gasteiger partial charge >= 0.3 is 0 Å². The molecule has 3 aromatic carbocycles. The van der Waals surface area contributed by atoms with Crippen LogP contribution in [0.4, 0.5) is 5.69 Å². The first-order valence-electron chi connectivity index (χ1n) is 14.5. The molecule has 1 aliphatic rings. The summed E-state index contributed by atoms with van der Waals surface area (Å²) in [5.41, 5.74) is 3.08. The van der Waals surface area contributed by atoms with Gasteiger partial charge in [0.2, 0.25) is 11.8 Å². The molecule has 0 saturated heterocycles. The van der Waals surface area contributed by atoms with Crippen molar-refractivity contribution >= 4 is 27.5 Å². The highest BCUT2D eigenvalue weighted by atomic mass is 32.2. The molecule has 0 aromatic heterocycles. The first kappa shape index (κ1) is 31.1. The number of carbonyl (C=O) groups is 2. The van der Waals surface area contributed by atoms with Gasteiger partial charge in [-0.1, -0.05) is 67.3 Å². The van der Waals surface area contributed by atoms with Crippen molar-refractivity contribution in [2.75, 3.05) is 18.0 Å². The lowest BCUT2D eigenvalue weighted by Crippen LogP contribution is -2.53. The van der Waals surface area contributed by atoms with Crippen molar-refractivity contribution in [1.82, 2.24) is 10.2 Å². The molecule has 1 saturated carbocycles. The Kier molecular flexibility index (Phi) is 10.3. The van der Waals surface area contributed by atoms with Crippen molar-refractivity contribution in [2.24, 2.45) is 0 Å². The zero-order chi connectivity index (χ0) is 30.3. The van der Waals surface area contributed by atoms with Crippen LogP contribution in [0.1, 0.15) is 55.7 Å². The molecule has 1 unspecified atom stereocenters. The number of methoxy groups -OCH3 is 1. The highest BCUT2D eigenvalue weighted by Gasteiger charge is 2.34. The Morgan fingerprint density at radius 3 is 2.02 bits per heavy atom.